The van der Waals surface area contributed by atoms with Gasteiger partial charge in [0, 0.05) is 17.4 Å². The maximum absolute atomic E-state index is 13.4. The van der Waals surface area contributed by atoms with E-state index in [9.17, 15) is 9.18 Å². The fourth-order valence-corrected chi connectivity index (χ4v) is 1.62. The Morgan fingerprint density at radius 3 is 2.84 bits per heavy atom. The molecule has 4 nitrogen and oxygen atoms in total. The second kappa shape index (κ2) is 5.75. The van der Waals surface area contributed by atoms with Crippen molar-refractivity contribution in [2.24, 2.45) is 0 Å². The van der Waals surface area contributed by atoms with Crippen LogP contribution in [-0.4, -0.2) is 15.9 Å². The second-order valence-corrected chi connectivity index (χ2v) is 4.23. The van der Waals surface area contributed by atoms with Gasteiger partial charge in [0.25, 0.3) is 0 Å². The van der Waals surface area contributed by atoms with Crippen LogP contribution in [-0.2, 0) is 11.3 Å². The van der Waals surface area contributed by atoms with Gasteiger partial charge in [0.15, 0.2) is 0 Å². The lowest BCUT2D eigenvalue weighted by Gasteiger charge is -2.06. The number of hydrogen-bond acceptors (Lipinski definition) is 4. The molecule has 0 N–H and O–H groups in total. The number of benzene rings is 1. The molecule has 0 saturated heterocycles. The Morgan fingerprint density at radius 1 is 1.37 bits per heavy atom. The van der Waals surface area contributed by atoms with Crippen LogP contribution in [0.25, 0.3) is 0 Å². The lowest BCUT2D eigenvalue weighted by atomic mass is 10.2. The van der Waals surface area contributed by atoms with Gasteiger partial charge in [-0.2, -0.15) is 0 Å². The van der Waals surface area contributed by atoms with Crippen LogP contribution in [0.3, 0.4) is 0 Å². The monoisotopic (exact) mass is 280 g/mol. The molecule has 19 heavy (non-hydrogen) atoms. The Morgan fingerprint density at radius 2 is 2.11 bits per heavy atom. The largest absolute Gasteiger partial charge is 0.455 e. The third-order valence-electron chi connectivity index (χ3n) is 2.47. The number of hydrogen-bond donors (Lipinski definition) is 0. The molecule has 0 saturated carbocycles. The third-order valence-corrected chi connectivity index (χ3v) is 2.71. The average Bonchev–Trinajstić information content (AvgIpc) is 2.40. The minimum absolute atomic E-state index is 0.0650. The molecular formula is C13H10ClFN2O2. The van der Waals surface area contributed by atoms with E-state index >= 15 is 0 Å². The van der Waals surface area contributed by atoms with Crippen molar-refractivity contribution in [3.63, 3.8) is 0 Å². The summed E-state index contributed by atoms with van der Waals surface area (Å²) in [5.74, 6) is -1.46. The van der Waals surface area contributed by atoms with Crippen molar-refractivity contribution in [3.05, 3.63) is 58.4 Å². The zero-order chi connectivity index (χ0) is 13.8. The van der Waals surface area contributed by atoms with Crippen LogP contribution >= 0.6 is 11.6 Å². The summed E-state index contributed by atoms with van der Waals surface area (Å²) in [6.07, 6.45) is 3.04. The molecule has 0 radical (unpaired) electrons. The minimum atomic E-state index is -0.787. The quantitative estimate of drug-likeness (QED) is 0.811. The van der Waals surface area contributed by atoms with Gasteiger partial charge in [-0.25, -0.2) is 9.18 Å². The highest BCUT2D eigenvalue weighted by Crippen LogP contribution is 2.16. The zero-order valence-corrected chi connectivity index (χ0v) is 10.8. The lowest BCUT2D eigenvalue weighted by Crippen LogP contribution is -2.09. The SMILES string of the molecule is Cc1nccnc1COC(=O)c1cc(Cl)ccc1F. The van der Waals surface area contributed by atoms with Crippen LogP contribution in [0.2, 0.25) is 5.02 Å². The van der Waals surface area contributed by atoms with E-state index in [1.807, 2.05) is 0 Å². The molecule has 1 aromatic carbocycles. The first kappa shape index (κ1) is 13.4. The molecule has 0 bridgehead atoms. The zero-order valence-electron chi connectivity index (χ0n) is 10.1. The van der Waals surface area contributed by atoms with Gasteiger partial charge in [-0.1, -0.05) is 11.6 Å². The van der Waals surface area contributed by atoms with Crippen LogP contribution in [0, 0.1) is 12.7 Å². The highest BCUT2D eigenvalue weighted by Gasteiger charge is 2.14. The second-order valence-electron chi connectivity index (χ2n) is 3.79. The molecule has 6 heteroatoms. The molecule has 0 aliphatic carbocycles. The van der Waals surface area contributed by atoms with Gasteiger partial charge in [0.05, 0.1) is 17.0 Å². The van der Waals surface area contributed by atoms with Crippen molar-refractivity contribution in [1.82, 2.24) is 9.97 Å². The van der Waals surface area contributed by atoms with Gasteiger partial charge in [0.1, 0.15) is 12.4 Å². The number of aryl methyl sites for hydroxylation is 1. The Labute approximate surface area is 114 Å². The van der Waals surface area contributed by atoms with Crippen molar-refractivity contribution < 1.29 is 13.9 Å². The molecular weight excluding hydrogens is 271 g/mol. The summed E-state index contributed by atoms with van der Waals surface area (Å²) in [7, 11) is 0. The molecule has 2 rings (SSSR count). The summed E-state index contributed by atoms with van der Waals surface area (Å²) < 4.78 is 18.4. The number of carbonyl (C=O) groups is 1. The Balaban J connectivity index is 2.10. The smallest absolute Gasteiger partial charge is 0.341 e. The van der Waals surface area contributed by atoms with Crippen molar-refractivity contribution in [1.29, 1.82) is 0 Å². The topological polar surface area (TPSA) is 52.1 Å². The highest BCUT2D eigenvalue weighted by molar-refractivity contribution is 6.30. The van der Waals surface area contributed by atoms with E-state index in [4.69, 9.17) is 16.3 Å². The third kappa shape index (κ3) is 3.26. The first-order chi connectivity index (χ1) is 9.08. The van der Waals surface area contributed by atoms with Crippen molar-refractivity contribution >= 4 is 17.6 Å². The molecule has 1 aromatic heterocycles. The van der Waals surface area contributed by atoms with E-state index in [1.54, 1.807) is 6.92 Å². The number of halogens is 2. The summed E-state index contributed by atoms with van der Waals surface area (Å²) in [6.45, 7) is 1.68. The Hall–Kier alpha value is -2.01. The first-order valence-corrected chi connectivity index (χ1v) is 5.84. The summed E-state index contributed by atoms with van der Waals surface area (Å²) in [6, 6.07) is 3.70. The molecule has 0 atom stereocenters. The maximum Gasteiger partial charge on any atom is 0.341 e. The first-order valence-electron chi connectivity index (χ1n) is 5.46. The summed E-state index contributed by atoms with van der Waals surface area (Å²) in [4.78, 5) is 19.8. The van der Waals surface area contributed by atoms with E-state index < -0.39 is 11.8 Å². The van der Waals surface area contributed by atoms with Gasteiger partial charge >= 0.3 is 5.97 Å². The predicted molar refractivity (Wildman–Crippen MR) is 67.3 cm³/mol. The van der Waals surface area contributed by atoms with Crippen molar-refractivity contribution in [3.8, 4) is 0 Å². The van der Waals surface area contributed by atoms with E-state index in [2.05, 4.69) is 9.97 Å². The van der Waals surface area contributed by atoms with Crippen LogP contribution in [0.15, 0.2) is 30.6 Å². The lowest BCUT2D eigenvalue weighted by molar-refractivity contribution is 0.0461. The van der Waals surface area contributed by atoms with Crippen molar-refractivity contribution in [2.45, 2.75) is 13.5 Å². The molecule has 0 aliphatic rings. The molecule has 0 fully saturated rings. The maximum atomic E-state index is 13.4. The molecule has 0 amide bonds. The standard InChI is InChI=1S/C13H10ClFN2O2/c1-8-12(17-5-4-16-8)7-19-13(18)10-6-9(14)2-3-11(10)15/h2-6H,7H2,1H3. The minimum Gasteiger partial charge on any atom is -0.455 e. The van der Waals surface area contributed by atoms with Crippen LogP contribution in [0.4, 0.5) is 4.39 Å². The molecule has 0 spiro atoms. The normalized spacial score (nSPS) is 10.3. The van der Waals surface area contributed by atoms with E-state index in [0.717, 1.165) is 6.07 Å². The summed E-state index contributed by atoms with van der Waals surface area (Å²) in [5.41, 5.74) is 0.981. The number of carbonyl (C=O) groups excluding carboxylic acids is 1. The number of rotatable bonds is 3. The van der Waals surface area contributed by atoms with Crippen molar-refractivity contribution in [2.75, 3.05) is 0 Å². The van der Waals surface area contributed by atoms with Gasteiger partial charge in [-0.3, -0.25) is 9.97 Å². The van der Waals surface area contributed by atoms with E-state index in [0.29, 0.717) is 11.4 Å². The highest BCUT2D eigenvalue weighted by atomic mass is 35.5. The van der Waals surface area contributed by atoms with E-state index in [-0.39, 0.29) is 17.2 Å². The molecule has 0 aliphatic heterocycles. The summed E-state index contributed by atoms with van der Waals surface area (Å²) in [5, 5.41) is 0.268. The predicted octanol–water partition coefficient (Wildman–Crippen LogP) is 2.93. The van der Waals surface area contributed by atoms with Crippen LogP contribution in [0.5, 0.6) is 0 Å². The fraction of sp³-hybridized carbons (Fsp3) is 0.154. The number of nitrogens with zero attached hydrogens (tertiary/aromatic N) is 2. The summed E-state index contributed by atoms with van der Waals surface area (Å²) >= 11 is 5.71. The van der Waals surface area contributed by atoms with Gasteiger partial charge in [-0.05, 0) is 25.1 Å². The molecule has 2 aromatic rings. The van der Waals surface area contributed by atoms with Gasteiger partial charge in [-0.15, -0.1) is 0 Å². The molecule has 0 unspecified atom stereocenters. The van der Waals surface area contributed by atoms with Gasteiger partial charge in [0.2, 0.25) is 0 Å². The Kier molecular flexibility index (Phi) is 4.06. The number of esters is 1. The fourth-order valence-electron chi connectivity index (χ4n) is 1.44. The number of aromatic nitrogens is 2. The Bertz CT molecular complexity index is 619. The van der Waals surface area contributed by atoms with Crippen LogP contribution in [0.1, 0.15) is 21.7 Å². The molecule has 1 heterocycles. The van der Waals surface area contributed by atoms with Crippen LogP contribution < -0.4 is 0 Å². The number of ether oxygens (including phenoxy) is 1. The average molecular weight is 281 g/mol. The molecule has 98 valence electrons. The van der Waals surface area contributed by atoms with Gasteiger partial charge < -0.3 is 4.74 Å². The van der Waals surface area contributed by atoms with E-state index in [1.165, 1.54) is 24.5 Å².